The molecule has 0 amide bonds. The maximum absolute atomic E-state index is 5.72. The smallest absolute Gasteiger partial charge is 0.119 e. The van der Waals surface area contributed by atoms with Crippen molar-refractivity contribution in [2.45, 2.75) is 40.0 Å². The molecule has 0 aliphatic heterocycles. The van der Waals surface area contributed by atoms with Gasteiger partial charge in [0.1, 0.15) is 5.75 Å². The predicted molar refractivity (Wildman–Crippen MR) is 90.9 cm³/mol. The SMILES string of the molecule is CC(C)COc1ccc(-c2ccc(C(C)(C)C)cc2)cc1. The van der Waals surface area contributed by atoms with E-state index in [9.17, 15) is 0 Å². The lowest BCUT2D eigenvalue weighted by Gasteiger charge is -2.19. The number of hydrogen-bond donors (Lipinski definition) is 0. The average Bonchev–Trinajstić information content (AvgIpc) is 2.45. The van der Waals surface area contributed by atoms with Crippen LogP contribution in [0.3, 0.4) is 0 Å². The number of hydrogen-bond acceptors (Lipinski definition) is 1. The van der Waals surface area contributed by atoms with Crippen LogP contribution >= 0.6 is 0 Å². The Morgan fingerprint density at radius 1 is 0.810 bits per heavy atom. The molecule has 2 aromatic carbocycles. The van der Waals surface area contributed by atoms with Gasteiger partial charge in [0.05, 0.1) is 6.61 Å². The third-order valence-electron chi connectivity index (χ3n) is 3.52. The first-order chi connectivity index (χ1) is 9.86. The topological polar surface area (TPSA) is 9.23 Å². The van der Waals surface area contributed by atoms with Crippen LogP contribution in [-0.2, 0) is 5.41 Å². The van der Waals surface area contributed by atoms with Crippen LogP contribution in [0.4, 0.5) is 0 Å². The van der Waals surface area contributed by atoms with Crippen molar-refractivity contribution in [2.75, 3.05) is 6.61 Å². The lowest BCUT2D eigenvalue weighted by atomic mass is 9.86. The molecular formula is C20H26O. The summed E-state index contributed by atoms with van der Waals surface area (Å²) in [7, 11) is 0. The molecule has 0 fully saturated rings. The van der Waals surface area contributed by atoms with Gasteiger partial charge >= 0.3 is 0 Å². The van der Waals surface area contributed by atoms with E-state index in [1.54, 1.807) is 0 Å². The van der Waals surface area contributed by atoms with E-state index in [0.717, 1.165) is 12.4 Å². The van der Waals surface area contributed by atoms with Crippen LogP contribution in [0.25, 0.3) is 11.1 Å². The highest BCUT2D eigenvalue weighted by atomic mass is 16.5. The molecular weight excluding hydrogens is 256 g/mol. The van der Waals surface area contributed by atoms with Crippen molar-refractivity contribution in [3.63, 3.8) is 0 Å². The van der Waals surface area contributed by atoms with E-state index in [4.69, 9.17) is 4.74 Å². The van der Waals surface area contributed by atoms with Crippen molar-refractivity contribution in [3.05, 3.63) is 54.1 Å². The molecule has 0 radical (unpaired) electrons. The van der Waals surface area contributed by atoms with E-state index in [1.165, 1.54) is 16.7 Å². The summed E-state index contributed by atoms with van der Waals surface area (Å²) >= 11 is 0. The van der Waals surface area contributed by atoms with E-state index >= 15 is 0 Å². The van der Waals surface area contributed by atoms with Crippen molar-refractivity contribution < 1.29 is 4.74 Å². The first kappa shape index (κ1) is 15.6. The molecule has 0 aromatic heterocycles. The van der Waals surface area contributed by atoms with Gasteiger partial charge in [-0.15, -0.1) is 0 Å². The van der Waals surface area contributed by atoms with Gasteiger partial charge in [0.25, 0.3) is 0 Å². The Kier molecular flexibility index (Phi) is 4.72. The fraction of sp³-hybridized carbons (Fsp3) is 0.400. The summed E-state index contributed by atoms with van der Waals surface area (Å²) in [5.41, 5.74) is 4.04. The minimum Gasteiger partial charge on any atom is -0.493 e. The summed E-state index contributed by atoms with van der Waals surface area (Å²) in [6.07, 6.45) is 0. The second-order valence-corrected chi connectivity index (χ2v) is 7.06. The van der Waals surface area contributed by atoms with Crippen LogP contribution in [0.15, 0.2) is 48.5 Å². The van der Waals surface area contributed by atoms with E-state index in [0.29, 0.717) is 5.92 Å². The van der Waals surface area contributed by atoms with Gasteiger partial charge in [-0.1, -0.05) is 71.0 Å². The molecule has 0 aliphatic rings. The molecule has 0 saturated carbocycles. The monoisotopic (exact) mass is 282 g/mol. The summed E-state index contributed by atoms with van der Waals surface area (Å²) < 4.78 is 5.72. The third kappa shape index (κ3) is 4.35. The van der Waals surface area contributed by atoms with Crippen LogP contribution in [-0.4, -0.2) is 6.61 Å². The van der Waals surface area contributed by atoms with Gasteiger partial charge in [0.15, 0.2) is 0 Å². The standard InChI is InChI=1S/C20H26O/c1-15(2)14-21-19-12-8-17(9-13-19)16-6-10-18(11-7-16)20(3,4)5/h6-13,15H,14H2,1-5H3. The molecule has 0 bridgehead atoms. The van der Waals surface area contributed by atoms with Gasteiger partial charge < -0.3 is 4.74 Å². The zero-order valence-corrected chi connectivity index (χ0v) is 13.8. The Balaban J connectivity index is 2.11. The summed E-state index contributed by atoms with van der Waals surface area (Å²) in [4.78, 5) is 0. The molecule has 2 rings (SSSR count). The maximum atomic E-state index is 5.72. The molecule has 0 heterocycles. The Morgan fingerprint density at radius 3 is 1.71 bits per heavy atom. The zero-order chi connectivity index (χ0) is 15.5. The van der Waals surface area contributed by atoms with Crippen LogP contribution in [0.1, 0.15) is 40.2 Å². The number of ether oxygens (including phenoxy) is 1. The molecule has 1 heteroatoms. The fourth-order valence-electron chi connectivity index (χ4n) is 2.17. The molecule has 0 N–H and O–H groups in total. The highest BCUT2D eigenvalue weighted by Crippen LogP contribution is 2.27. The van der Waals surface area contributed by atoms with Gasteiger partial charge in [0.2, 0.25) is 0 Å². The lowest BCUT2D eigenvalue weighted by molar-refractivity contribution is 0.271. The van der Waals surface area contributed by atoms with Crippen molar-refractivity contribution >= 4 is 0 Å². The van der Waals surface area contributed by atoms with Crippen LogP contribution < -0.4 is 4.74 Å². The Hall–Kier alpha value is -1.76. The molecule has 21 heavy (non-hydrogen) atoms. The second kappa shape index (κ2) is 6.34. The van der Waals surface area contributed by atoms with Gasteiger partial charge in [-0.2, -0.15) is 0 Å². The summed E-state index contributed by atoms with van der Waals surface area (Å²) in [6, 6.07) is 17.2. The molecule has 112 valence electrons. The summed E-state index contributed by atoms with van der Waals surface area (Å²) in [5, 5.41) is 0. The first-order valence-corrected chi connectivity index (χ1v) is 7.70. The molecule has 2 aromatic rings. The normalized spacial score (nSPS) is 11.7. The summed E-state index contributed by atoms with van der Waals surface area (Å²) in [6.45, 7) is 11.8. The maximum Gasteiger partial charge on any atom is 0.119 e. The molecule has 0 spiro atoms. The van der Waals surface area contributed by atoms with E-state index < -0.39 is 0 Å². The average molecular weight is 282 g/mol. The Bertz CT molecular complexity index is 556. The van der Waals surface area contributed by atoms with Crippen molar-refractivity contribution in [1.82, 2.24) is 0 Å². The Labute approximate surface area is 129 Å². The van der Waals surface area contributed by atoms with E-state index in [2.05, 4.69) is 83.1 Å². The fourth-order valence-corrected chi connectivity index (χ4v) is 2.17. The zero-order valence-electron chi connectivity index (χ0n) is 13.8. The van der Waals surface area contributed by atoms with Gasteiger partial charge in [0, 0.05) is 0 Å². The lowest BCUT2D eigenvalue weighted by Crippen LogP contribution is -2.10. The highest BCUT2D eigenvalue weighted by Gasteiger charge is 2.12. The molecule has 1 nitrogen and oxygen atoms in total. The quantitative estimate of drug-likeness (QED) is 0.700. The minimum absolute atomic E-state index is 0.201. The predicted octanol–water partition coefficient (Wildman–Crippen LogP) is 5.69. The highest BCUT2D eigenvalue weighted by molar-refractivity contribution is 5.64. The molecule has 0 atom stereocenters. The van der Waals surface area contributed by atoms with Crippen molar-refractivity contribution in [3.8, 4) is 16.9 Å². The van der Waals surface area contributed by atoms with Crippen molar-refractivity contribution in [2.24, 2.45) is 5.92 Å². The van der Waals surface area contributed by atoms with Crippen LogP contribution in [0.2, 0.25) is 0 Å². The Morgan fingerprint density at radius 2 is 1.29 bits per heavy atom. The number of benzene rings is 2. The van der Waals surface area contributed by atoms with Crippen LogP contribution in [0, 0.1) is 5.92 Å². The molecule has 0 unspecified atom stereocenters. The van der Waals surface area contributed by atoms with E-state index in [1.807, 2.05) is 0 Å². The van der Waals surface area contributed by atoms with Crippen LogP contribution in [0.5, 0.6) is 5.75 Å². The second-order valence-electron chi connectivity index (χ2n) is 7.06. The largest absolute Gasteiger partial charge is 0.493 e. The van der Waals surface area contributed by atoms with E-state index in [-0.39, 0.29) is 5.41 Å². The molecule has 0 aliphatic carbocycles. The summed E-state index contributed by atoms with van der Waals surface area (Å²) in [5.74, 6) is 1.49. The van der Waals surface area contributed by atoms with Crippen molar-refractivity contribution in [1.29, 1.82) is 0 Å². The van der Waals surface area contributed by atoms with Gasteiger partial charge in [-0.05, 0) is 40.2 Å². The van der Waals surface area contributed by atoms with Gasteiger partial charge in [-0.3, -0.25) is 0 Å². The third-order valence-corrected chi connectivity index (χ3v) is 3.52. The first-order valence-electron chi connectivity index (χ1n) is 7.70. The minimum atomic E-state index is 0.201. The molecule has 0 saturated heterocycles. The number of rotatable bonds is 4. The van der Waals surface area contributed by atoms with Gasteiger partial charge in [-0.25, -0.2) is 0 Å².